The van der Waals surface area contributed by atoms with Gasteiger partial charge in [-0.3, -0.25) is 19.3 Å². The number of ether oxygens (including phenoxy) is 2. The molecule has 10 heteroatoms. The number of hydrogen-bond acceptors (Lipinski definition) is 5. The second kappa shape index (κ2) is 9.15. The fraction of sp³-hybridized carbons (Fsp3) is 0.455. The van der Waals surface area contributed by atoms with Gasteiger partial charge < -0.3 is 9.47 Å². The molecule has 0 amide bonds. The van der Waals surface area contributed by atoms with Gasteiger partial charge in [-0.05, 0) is 38.5 Å². The minimum atomic E-state index is -2.81. The molecule has 0 spiro atoms. The molecule has 1 aromatic carbocycles. The Morgan fingerprint density at radius 3 is 2.56 bits per heavy atom. The van der Waals surface area contributed by atoms with E-state index in [9.17, 15) is 18.4 Å². The zero-order chi connectivity index (χ0) is 23.8. The van der Waals surface area contributed by atoms with Crippen molar-refractivity contribution in [2.45, 2.75) is 45.7 Å². The van der Waals surface area contributed by atoms with Crippen LogP contribution in [0, 0.1) is 5.82 Å². The van der Waals surface area contributed by atoms with Crippen molar-refractivity contribution in [1.29, 1.82) is 0 Å². The summed E-state index contributed by atoms with van der Waals surface area (Å²) in [5.41, 5.74) is -2.77. The maximum absolute atomic E-state index is 15.3. The summed E-state index contributed by atoms with van der Waals surface area (Å²) in [5.74, 6) is -1.56. The second-order valence-electron chi connectivity index (χ2n) is 8.08. The summed E-state index contributed by atoms with van der Waals surface area (Å²) in [6.07, 6.45) is -1.09. The fourth-order valence-electron chi connectivity index (χ4n) is 3.53. The Hall–Kier alpha value is -2.52. The Kier molecular flexibility index (Phi) is 6.90. The van der Waals surface area contributed by atoms with Crippen LogP contribution in [0.15, 0.2) is 23.1 Å². The molecule has 0 fully saturated rings. The summed E-state index contributed by atoms with van der Waals surface area (Å²) >= 11 is 6.34. The van der Waals surface area contributed by atoms with Crippen LogP contribution in [0.2, 0.25) is 5.02 Å². The number of aromatic nitrogens is 1. The number of ketones is 1. The third-order valence-electron chi connectivity index (χ3n) is 5.45. The first-order valence-corrected chi connectivity index (χ1v) is 10.3. The molecule has 6 nitrogen and oxygen atoms in total. The van der Waals surface area contributed by atoms with E-state index in [0.717, 1.165) is 17.8 Å². The van der Waals surface area contributed by atoms with Crippen LogP contribution in [0.25, 0.3) is 11.3 Å². The molecular weight excluding hydrogens is 449 g/mol. The second-order valence-corrected chi connectivity index (χ2v) is 8.49. The number of nitrogens with zero attached hydrogens (tertiary/aromatic N) is 2. The minimum absolute atomic E-state index is 0.0507. The van der Waals surface area contributed by atoms with Crippen LogP contribution in [-0.2, 0) is 11.3 Å². The van der Waals surface area contributed by atoms with Crippen LogP contribution in [0.5, 0.6) is 5.75 Å². The largest absolute Gasteiger partial charge is 0.492 e. The predicted octanol–water partition coefficient (Wildman–Crippen LogP) is 4.42. The van der Waals surface area contributed by atoms with Crippen molar-refractivity contribution in [2.24, 2.45) is 0 Å². The average Bonchev–Trinajstić information content (AvgIpc) is 2.72. The van der Waals surface area contributed by atoms with Crippen molar-refractivity contribution in [3.63, 3.8) is 0 Å². The van der Waals surface area contributed by atoms with Crippen molar-refractivity contribution >= 4 is 17.4 Å². The first-order valence-electron chi connectivity index (χ1n) is 9.97. The highest BCUT2D eigenvalue weighted by atomic mass is 35.5. The van der Waals surface area contributed by atoms with Gasteiger partial charge in [-0.1, -0.05) is 11.6 Å². The molecule has 0 atom stereocenters. The summed E-state index contributed by atoms with van der Waals surface area (Å²) in [7, 11) is 1.57. The van der Waals surface area contributed by atoms with Crippen molar-refractivity contribution in [3.05, 3.63) is 50.5 Å². The first kappa shape index (κ1) is 24.1. The summed E-state index contributed by atoms with van der Waals surface area (Å²) < 4.78 is 55.0. The number of hydrogen-bond donors (Lipinski definition) is 0. The Morgan fingerprint density at radius 1 is 1.28 bits per heavy atom. The van der Waals surface area contributed by atoms with E-state index in [2.05, 4.69) is 0 Å². The monoisotopic (exact) mass is 472 g/mol. The van der Waals surface area contributed by atoms with Crippen LogP contribution in [0.4, 0.5) is 13.2 Å². The van der Waals surface area contributed by atoms with Crippen LogP contribution in [0.3, 0.4) is 0 Å². The number of pyridine rings is 1. The molecule has 2 aromatic rings. The molecule has 2 heterocycles. The maximum Gasteiger partial charge on any atom is 0.262 e. The highest BCUT2D eigenvalue weighted by Crippen LogP contribution is 2.40. The lowest BCUT2D eigenvalue weighted by molar-refractivity contribution is 0.0533. The normalized spacial score (nSPS) is 13.2. The number of halogens is 4. The number of alkyl halides is 2. The van der Waals surface area contributed by atoms with E-state index in [-0.39, 0.29) is 22.8 Å². The molecule has 1 aliphatic rings. The van der Waals surface area contributed by atoms with Crippen molar-refractivity contribution in [1.82, 2.24) is 4.68 Å². The van der Waals surface area contributed by atoms with Crippen molar-refractivity contribution in [2.75, 3.05) is 25.3 Å². The van der Waals surface area contributed by atoms with Gasteiger partial charge in [0.1, 0.15) is 17.0 Å². The zero-order valence-electron chi connectivity index (χ0n) is 18.2. The molecule has 0 N–H and O–H groups in total. The lowest BCUT2D eigenvalue weighted by Gasteiger charge is -2.45. The van der Waals surface area contributed by atoms with E-state index in [1.54, 1.807) is 13.2 Å². The van der Waals surface area contributed by atoms with E-state index >= 15 is 4.39 Å². The van der Waals surface area contributed by atoms with Crippen LogP contribution >= 0.6 is 11.6 Å². The van der Waals surface area contributed by atoms with Crippen molar-refractivity contribution < 1.29 is 27.4 Å². The van der Waals surface area contributed by atoms with Gasteiger partial charge in [0, 0.05) is 31.9 Å². The molecule has 3 rings (SSSR count). The number of carbonyl (C=O) groups is 1. The molecule has 0 saturated heterocycles. The molecule has 0 radical (unpaired) electrons. The highest BCUT2D eigenvalue weighted by molar-refractivity contribution is 6.32. The Balaban J connectivity index is 2.21. The smallest absolute Gasteiger partial charge is 0.262 e. The quantitative estimate of drug-likeness (QED) is 0.420. The number of methoxy groups -OCH3 is 1. The molecule has 0 unspecified atom stereocenters. The molecule has 1 aromatic heterocycles. The maximum atomic E-state index is 15.3. The number of fused-ring (bicyclic) bond motifs is 3. The molecule has 0 saturated carbocycles. The van der Waals surface area contributed by atoms with Gasteiger partial charge in [-0.25, -0.2) is 13.2 Å². The summed E-state index contributed by atoms with van der Waals surface area (Å²) in [6, 6.07) is 3.00. The summed E-state index contributed by atoms with van der Waals surface area (Å²) in [5, 5.41) is 1.41. The van der Waals surface area contributed by atoms with E-state index in [4.69, 9.17) is 21.1 Å². The van der Waals surface area contributed by atoms with Crippen LogP contribution in [0.1, 0.15) is 43.1 Å². The Morgan fingerprint density at radius 2 is 1.97 bits per heavy atom. The zero-order valence-corrected chi connectivity index (χ0v) is 18.9. The fourth-order valence-corrected chi connectivity index (χ4v) is 3.75. The van der Waals surface area contributed by atoms with Crippen molar-refractivity contribution in [3.8, 4) is 17.0 Å². The Bertz CT molecular complexity index is 1100. The van der Waals surface area contributed by atoms with Gasteiger partial charge in [0.25, 0.3) is 6.43 Å². The molecule has 0 bridgehead atoms. The van der Waals surface area contributed by atoms with E-state index in [1.807, 2.05) is 0 Å². The van der Waals surface area contributed by atoms with Crippen LogP contribution < -0.4 is 15.2 Å². The number of benzene rings is 1. The van der Waals surface area contributed by atoms with E-state index in [1.165, 1.54) is 24.9 Å². The third-order valence-corrected chi connectivity index (χ3v) is 5.75. The lowest BCUT2D eigenvalue weighted by atomic mass is 9.96. The standard InChI is InChI=1S/C22H24ClF3N2O4/c1-12(29)15-11-27-19(18(24)20(15)30)14-9-16(23)17(32-7-5-6-31-4)8-13(14)10-28(27)22(2,3)21(25)26/h8-9,11,21H,5-7,10H2,1-4H3. The van der Waals surface area contributed by atoms with Gasteiger partial charge in [-0.2, -0.15) is 0 Å². The minimum Gasteiger partial charge on any atom is -0.492 e. The topological polar surface area (TPSA) is 60.8 Å². The van der Waals surface area contributed by atoms with Gasteiger partial charge >= 0.3 is 0 Å². The van der Waals surface area contributed by atoms with Gasteiger partial charge in [0.15, 0.2) is 11.6 Å². The molecule has 32 heavy (non-hydrogen) atoms. The summed E-state index contributed by atoms with van der Waals surface area (Å²) in [4.78, 5) is 24.4. The SMILES string of the molecule is COCCCOc1cc2c(cc1Cl)-c1c(F)c(=O)c(C(C)=O)cn1N(C(C)(C)C(F)F)C2. The summed E-state index contributed by atoms with van der Waals surface area (Å²) in [6.45, 7) is 4.46. The first-order chi connectivity index (χ1) is 15.0. The molecule has 1 aliphatic heterocycles. The predicted molar refractivity (Wildman–Crippen MR) is 115 cm³/mol. The van der Waals surface area contributed by atoms with Gasteiger partial charge in [-0.15, -0.1) is 0 Å². The van der Waals surface area contributed by atoms with Gasteiger partial charge in [0.2, 0.25) is 5.43 Å². The number of rotatable bonds is 8. The van der Waals surface area contributed by atoms with E-state index < -0.39 is 34.6 Å². The van der Waals surface area contributed by atoms with Gasteiger partial charge in [0.05, 0.1) is 23.7 Å². The molecule has 174 valence electrons. The van der Waals surface area contributed by atoms with Crippen LogP contribution in [-0.4, -0.2) is 42.7 Å². The third kappa shape index (κ3) is 4.23. The molecule has 0 aliphatic carbocycles. The average molecular weight is 473 g/mol. The molecular formula is C22H24ClF3N2O4. The lowest BCUT2D eigenvalue weighted by Crippen LogP contribution is -2.57. The number of Topliss-reactive ketones (excluding diaryl/α,β-unsaturated/α-hetero) is 1. The van der Waals surface area contributed by atoms with E-state index in [0.29, 0.717) is 30.9 Å². The number of carbonyl (C=O) groups excluding carboxylic acids is 1. The highest BCUT2D eigenvalue weighted by Gasteiger charge is 2.41. The Labute approximate surface area is 188 Å².